The summed E-state index contributed by atoms with van der Waals surface area (Å²) in [5.74, 6) is -0.323. The summed E-state index contributed by atoms with van der Waals surface area (Å²) in [4.78, 5) is 24.7. The Morgan fingerprint density at radius 1 is 0.524 bits per heavy atom. The van der Waals surface area contributed by atoms with Crippen LogP contribution in [-0.2, 0) is 31.2 Å². The Labute approximate surface area is 251 Å². The number of amides is 2. The fraction of sp³-hybridized carbons (Fsp3) is 0.471. The van der Waals surface area contributed by atoms with E-state index in [4.69, 9.17) is 0 Å². The van der Waals surface area contributed by atoms with Crippen molar-refractivity contribution in [1.82, 2.24) is 21.9 Å². The number of hydrogen-bond acceptors (Lipinski definition) is 6. The summed E-state index contributed by atoms with van der Waals surface area (Å²) in [6, 6.07) is 7.54. The molecule has 0 aliphatic rings. The monoisotopic (exact) mass is 578 g/mol. The van der Waals surface area contributed by atoms with Crippen LogP contribution in [0.5, 0.6) is 11.5 Å². The first kappa shape index (κ1) is 34.6. The second-order valence-corrected chi connectivity index (χ2v) is 14.8. The van der Waals surface area contributed by atoms with Crippen LogP contribution in [0.4, 0.5) is 0 Å². The fourth-order valence-electron chi connectivity index (χ4n) is 4.41. The highest BCUT2D eigenvalue weighted by atomic mass is 16.3. The number of nitrogens with one attached hydrogen (secondary N) is 4. The van der Waals surface area contributed by atoms with E-state index in [-0.39, 0.29) is 33.2 Å². The van der Waals surface area contributed by atoms with Crippen molar-refractivity contribution >= 4 is 24.0 Å². The zero-order valence-corrected chi connectivity index (χ0v) is 27.3. The van der Waals surface area contributed by atoms with Gasteiger partial charge in [-0.3, -0.25) is 20.4 Å². The fourth-order valence-corrected chi connectivity index (χ4v) is 4.41. The standard InChI is InChI=1S/C34H50N4O4/c1-31(2,3)23-17-21(18-24(29(23)41)32(4,5)6)13-15-27(39)35-37-38-36-28(40)16-14-22-19-25(33(7,8)9)30(42)26(20-22)34(10,11)12/h13-20,37-38,41-42H,1-12H3,(H,35,39)(H,36,40)/b15-13+,16-14+. The van der Waals surface area contributed by atoms with Gasteiger partial charge >= 0.3 is 0 Å². The van der Waals surface area contributed by atoms with Gasteiger partial charge in [0.1, 0.15) is 11.5 Å². The Kier molecular flexibility index (Phi) is 10.5. The molecule has 8 nitrogen and oxygen atoms in total. The summed E-state index contributed by atoms with van der Waals surface area (Å²) >= 11 is 0. The van der Waals surface area contributed by atoms with E-state index in [9.17, 15) is 19.8 Å². The van der Waals surface area contributed by atoms with Gasteiger partial charge < -0.3 is 10.2 Å². The highest BCUT2D eigenvalue weighted by Crippen LogP contribution is 2.41. The maximum atomic E-state index is 12.4. The van der Waals surface area contributed by atoms with E-state index in [1.54, 1.807) is 12.2 Å². The first-order chi connectivity index (χ1) is 19.0. The van der Waals surface area contributed by atoms with Crippen molar-refractivity contribution in [2.24, 2.45) is 0 Å². The van der Waals surface area contributed by atoms with Gasteiger partial charge in [-0.2, -0.15) is 11.1 Å². The predicted octanol–water partition coefficient (Wildman–Crippen LogP) is 6.17. The second kappa shape index (κ2) is 12.7. The van der Waals surface area contributed by atoms with E-state index in [2.05, 4.69) is 21.9 Å². The van der Waals surface area contributed by atoms with E-state index in [0.29, 0.717) is 0 Å². The molecule has 2 aromatic rings. The molecule has 0 spiro atoms. The Bertz CT molecular complexity index is 1190. The molecule has 0 heterocycles. The highest BCUT2D eigenvalue weighted by Gasteiger charge is 2.27. The molecular weight excluding hydrogens is 528 g/mol. The van der Waals surface area contributed by atoms with Gasteiger partial charge in [0, 0.05) is 34.4 Å². The highest BCUT2D eigenvalue weighted by molar-refractivity contribution is 5.92. The molecule has 0 aliphatic carbocycles. The van der Waals surface area contributed by atoms with Crippen LogP contribution in [0.1, 0.15) is 116 Å². The zero-order valence-electron chi connectivity index (χ0n) is 27.3. The van der Waals surface area contributed by atoms with Crippen LogP contribution in [-0.4, -0.2) is 22.0 Å². The molecule has 2 aromatic carbocycles. The second-order valence-electron chi connectivity index (χ2n) is 14.8. The van der Waals surface area contributed by atoms with Crippen LogP contribution in [0, 0.1) is 0 Å². The zero-order chi connectivity index (χ0) is 32.3. The van der Waals surface area contributed by atoms with Crippen LogP contribution >= 0.6 is 0 Å². The molecule has 0 unspecified atom stereocenters. The summed E-state index contributed by atoms with van der Waals surface area (Å²) in [5, 5.41) is 21.8. The lowest BCUT2D eigenvalue weighted by molar-refractivity contribution is -0.120. The Morgan fingerprint density at radius 2 is 0.762 bits per heavy atom. The Balaban J connectivity index is 2.03. The third kappa shape index (κ3) is 9.46. The molecular formula is C34H50N4O4. The number of carbonyl (C=O) groups is 2. The van der Waals surface area contributed by atoms with Gasteiger partial charge in [0.2, 0.25) is 0 Å². The number of phenols is 2. The van der Waals surface area contributed by atoms with Crippen molar-refractivity contribution in [2.45, 2.75) is 105 Å². The van der Waals surface area contributed by atoms with Gasteiger partial charge in [0.15, 0.2) is 0 Å². The van der Waals surface area contributed by atoms with Crippen LogP contribution in [0.15, 0.2) is 36.4 Å². The molecule has 2 amide bonds. The van der Waals surface area contributed by atoms with Crippen molar-refractivity contribution in [3.8, 4) is 11.5 Å². The lowest BCUT2D eigenvalue weighted by Gasteiger charge is -2.28. The van der Waals surface area contributed by atoms with Gasteiger partial charge in [-0.15, -0.1) is 0 Å². The summed E-state index contributed by atoms with van der Waals surface area (Å²) in [6.45, 7) is 24.4. The predicted molar refractivity (Wildman–Crippen MR) is 172 cm³/mol. The van der Waals surface area contributed by atoms with Crippen molar-refractivity contribution in [2.75, 3.05) is 0 Å². The maximum Gasteiger partial charge on any atom is 0.259 e. The summed E-state index contributed by atoms with van der Waals surface area (Å²) in [7, 11) is 0. The van der Waals surface area contributed by atoms with Crippen LogP contribution in [0.25, 0.3) is 12.2 Å². The van der Waals surface area contributed by atoms with Gasteiger partial charge in [-0.05, 0) is 69.2 Å². The first-order valence-electron chi connectivity index (χ1n) is 14.2. The lowest BCUT2D eigenvalue weighted by Crippen LogP contribution is -2.53. The molecule has 0 atom stereocenters. The number of hydrazine groups is 3. The molecule has 0 saturated heterocycles. The minimum absolute atomic E-state index is 0.277. The largest absolute Gasteiger partial charge is 0.507 e. The molecule has 0 saturated carbocycles. The van der Waals surface area contributed by atoms with Gasteiger partial charge in [0.25, 0.3) is 11.8 Å². The number of hydrogen-bond donors (Lipinski definition) is 6. The Hall–Kier alpha value is -3.62. The average molecular weight is 579 g/mol. The SMILES string of the molecule is CC(C)(C)c1cc(/C=C/C(=O)NNNNC(=O)/C=C/c2cc(C(C)(C)C)c(O)c(C(C)(C)C)c2)cc(C(C)(C)C)c1O. The van der Waals surface area contributed by atoms with Gasteiger partial charge in [-0.25, -0.2) is 0 Å². The van der Waals surface area contributed by atoms with E-state index >= 15 is 0 Å². The number of benzene rings is 2. The third-order valence-corrected chi connectivity index (χ3v) is 6.78. The lowest BCUT2D eigenvalue weighted by atomic mass is 9.78. The topological polar surface area (TPSA) is 123 Å². The van der Waals surface area contributed by atoms with E-state index in [1.165, 1.54) is 12.2 Å². The van der Waals surface area contributed by atoms with Crippen LogP contribution in [0.2, 0.25) is 0 Å². The molecule has 0 bridgehead atoms. The number of aromatic hydroxyl groups is 2. The Morgan fingerprint density at radius 3 is 0.976 bits per heavy atom. The third-order valence-electron chi connectivity index (χ3n) is 6.78. The summed E-state index contributed by atoms with van der Waals surface area (Å²) in [5.41, 5.74) is 13.5. The quantitative estimate of drug-likeness (QED) is 0.133. The average Bonchev–Trinajstić information content (AvgIpc) is 2.82. The van der Waals surface area contributed by atoms with Crippen molar-refractivity contribution in [1.29, 1.82) is 0 Å². The molecule has 6 N–H and O–H groups in total. The number of phenolic OH excluding ortho intramolecular Hbond substituents is 2. The first-order valence-corrected chi connectivity index (χ1v) is 14.2. The number of rotatable bonds is 7. The van der Waals surface area contributed by atoms with E-state index in [0.717, 1.165) is 33.4 Å². The molecule has 8 heteroatoms. The maximum absolute atomic E-state index is 12.4. The molecule has 0 radical (unpaired) electrons. The van der Waals surface area contributed by atoms with Crippen LogP contribution < -0.4 is 21.9 Å². The normalized spacial score (nSPS) is 13.1. The summed E-state index contributed by atoms with van der Waals surface area (Å²) < 4.78 is 0. The van der Waals surface area contributed by atoms with Gasteiger partial charge in [-0.1, -0.05) is 83.1 Å². The van der Waals surface area contributed by atoms with Crippen molar-refractivity contribution < 1.29 is 19.8 Å². The van der Waals surface area contributed by atoms with Crippen molar-refractivity contribution in [3.05, 3.63) is 69.8 Å². The van der Waals surface area contributed by atoms with Crippen molar-refractivity contribution in [3.63, 3.8) is 0 Å². The molecule has 0 fully saturated rings. The smallest absolute Gasteiger partial charge is 0.259 e. The number of carbonyl (C=O) groups excluding carboxylic acids is 2. The molecule has 230 valence electrons. The molecule has 0 aromatic heterocycles. The van der Waals surface area contributed by atoms with Gasteiger partial charge in [0.05, 0.1) is 0 Å². The van der Waals surface area contributed by atoms with E-state index < -0.39 is 11.8 Å². The minimum atomic E-state index is -0.441. The van der Waals surface area contributed by atoms with Crippen LogP contribution in [0.3, 0.4) is 0 Å². The summed E-state index contributed by atoms with van der Waals surface area (Å²) in [6.07, 6.45) is 6.09. The minimum Gasteiger partial charge on any atom is -0.507 e. The molecule has 0 aliphatic heterocycles. The molecule has 2 rings (SSSR count). The molecule has 42 heavy (non-hydrogen) atoms. The van der Waals surface area contributed by atoms with E-state index in [1.807, 2.05) is 107 Å².